The average Bonchev–Trinajstić information content (AvgIpc) is 2.80. The lowest BCUT2D eigenvalue weighted by molar-refractivity contribution is -0.143. The molecule has 7 heteroatoms. The number of nitrogens with one attached hydrogen (secondary N) is 1. The van der Waals surface area contributed by atoms with Gasteiger partial charge in [-0.05, 0) is 75.6 Å². The fourth-order valence-corrected chi connectivity index (χ4v) is 4.62. The summed E-state index contributed by atoms with van der Waals surface area (Å²) in [6.45, 7) is 9.49. The molecule has 0 spiro atoms. The van der Waals surface area contributed by atoms with Crippen molar-refractivity contribution in [1.82, 2.24) is 10.2 Å². The number of ether oxygens (including phenoxy) is 1. The molecule has 2 amide bonds. The summed E-state index contributed by atoms with van der Waals surface area (Å²) in [6.07, 6.45) is 0.320. The number of nitrogens with zero attached hydrogens (tertiary/aromatic N) is 1. The van der Waals surface area contributed by atoms with E-state index in [1.807, 2.05) is 83.1 Å². The largest absolute Gasteiger partial charge is 0.484 e. The maximum atomic E-state index is 13.7. The van der Waals surface area contributed by atoms with Crippen LogP contribution in [0.2, 0.25) is 10.0 Å². The molecule has 0 bridgehead atoms. The van der Waals surface area contributed by atoms with E-state index in [4.69, 9.17) is 27.9 Å². The summed E-state index contributed by atoms with van der Waals surface area (Å²) in [6, 6.07) is 19.8. The number of carbonyl (C=O) groups is 2. The third kappa shape index (κ3) is 8.51. The van der Waals surface area contributed by atoms with E-state index in [1.165, 1.54) is 4.90 Å². The normalized spacial score (nSPS) is 12.1. The van der Waals surface area contributed by atoms with Gasteiger partial charge >= 0.3 is 0 Å². The molecule has 0 saturated heterocycles. The van der Waals surface area contributed by atoms with Crippen LogP contribution < -0.4 is 10.1 Å². The quantitative estimate of drug-likeness (QED) is 0.335. The molecule has 0 aliphatic rings. The minimum atomic E-state index is -0.815. The molecule has 37 heavy (non-hydrogen) atoms. The van der Waals surface area contributed by atoms with Crippen molar-refractivity contribution < 1.29 is 14.3 Å². The number of amides is 2. The first-order valence-corrected chi connectivity index (χ1v) is 13.0. The van der Waals surface area contributed by atoms with Crippen molar-refractivity contribution in [2.24, 2.45) is 0 Å². The highest BCUT2D eigenvalue weighted by Gasteiger charge is 2.33. The third-order valence-corrected chi connectivity index (χ3v) is 6.43. The lowest BCUT2D eigenvalue weighted by Crippen LogP contribution is -2.55. The van der Waals surface area contributed by atoms with Gasteiger partial charge in [-0.25, -0.2) is 0 Å². The summed E-state index contributed by atoms with van der Waals surface area (Å²) in [5, 5.41) is 3.89. The van der Waals surface area contributed by atoms with Gasteiger partial charge in [0.25, 0.3) is 5.91 Å². The van der Waals surface area contributed by atoms with Gasteiger partial charge < -0.3 is 15.0 Å². The second-order valence-electron chi connectivity index (χ2n) is 10.3. The Bertz CT molecular complexity index is 1200. The highest BCUT2D eigenvalue weighted by atomic mass is 35.5. The van der Waals surface area contributed by atoms with Crippen LogP contribution in [0.25, 0.3) is 0 Å². The Kier molecular flexibility index (Phi) is 9.63. The van der Waals surface area contributed by atoms with Crippen LogP contribution in [0.4, 0.5) is 0 Å². The van der Waals surface area contributed by atoms with E-state index in [-0.39, 0.29) is 25.0 Å². The molecule has 0 heterocycles. The van der Waals surface area contributed by atoms with Gasteiger partial charge in [0.1, 0.15) is 11.8 Å². The lowest BCUT2D eigenvalue weighted by atomic mass is 10.0. The molecule has 3 aromatic carbocycles. The summed E-state index contributed by atoms with van der Waals surface area (Å²) in [5.74, 6) is -0.0141. The number of rotatable bonds is 9. The fourth-order valence-electron chi connectivity index (χ4n) is 4.10. The minimum absolute atomic E-state index is 0.0581. The van der Waals surface area contributed by atoms with Crippen LogP contribution in [0.5, 0.6) is 5.75 Å². The van der Waals surface area contributed by atoms with Gasteiger partial charge in [-0.15, -0.1) is 0 Å². The van der Waals surface area contributed by atoms with E-state index in [1.54, 1.807) is 18.2 Å². The van der Waals surface area contributed by atoms with E-state index in [0.717, 1.165) is 16.7 Å². The minimum Gasteiger partial charge on any atom is -0.484 e. The monoisotopic (exact) mass is 540 g/mol. The van der Waals surface area contributed by atoms with Crippen LogP contribution in [0.3, 0.4) is 0 Å². The van der Waals surface area contributed by atoms with Crippen molar-refractivity contribution in [3.05, 3.63) is 99.0 Å². The Balaban J connectivity index is 1.99. The Morgan fingerprint density at radius 3 is 2.08 bits per heavy atom. The molecule has 0 unspecified atom stereocenters. The SMILES string of the molecule is Cc1cc(C)cc(OCC(=O)N(Cc2c(Cl)cccc2Cl)[C@H](Cc2ccccc2)C(=O)NC(C)(C)C)c1. The summed E-state index contributed by atoms with van der Waals surface area (Å²) in [4.78, 5) is 28.9. The predicted molar refractivity (Wildman–Crippen MR) is 150 cm³/mol. The van der Waals surface area contributed by atoms with Crippen LogP contribution >= 0.6 is 23.2 Å². The number of aryl methyl sites for hydroxylation is 2. The number of hydrogen-bond acceptors (Lipinski definition) is 3. The molecular weight excluding hydrogens is 507 g/mol. The van der Waals surface area contributed by atoms with Crippen molar-refractivity contribution >= 4 is 35.0 Å². The van der Waals surface area contributed by atoms with E-state index < -0.39 is 11.6 Å². The zero-order valence-corrected chi connectivity index (χ0v) is 23.5. The van der Waals surface area contributed by atoms with Gasteiger partial charge in [-0.1, -0.05) is 65.7 Å². The standard InChI is InChI=1S/C30H34Cl2N2O3/c1-20-14-21(2)16-23(15-20)37-19-28(35)34(18-24-25(31)12-9-13-26(24)32)27(29(36)33-30(3,4)5)17-22-10-7-6-8-11-22/h6-16,27H,17-19H2,1-5H3,(H,33,36)/t27-/m1/s1. The van der Waals surface area contributed by atoms with Crippen LogP contribution in [-0.2, 0) is 22.6 Å². The molecule has 1 atom stereocenters. The van der Waals surface area contributed by atoms with Crippen molar-refractivity contribution in [3.63, 3.8) is 0 Å². The van der Waals surface area contributed by atoms with Gasteiger partial charge in [0.15, 0.2) is 6.61 Å². The first-order valence-electron chi connectivity index (χ1n) is 12.2. The molecule has 1 N–H and O–H groups in total. The number of halogens is 2. The topological polar surface area (TPSA) is 58.6 Å². The second-order valence-corrected chi connectivity index (χ2v) is 11.1. The van der Waals surface area contributed by atoms with Crippen molar-refractivity contribution in [1.29, 1.82) is 0 Å². The van der Waals surface area contributed by atoms with Crippen LogP contribution in [0, 0.1) is 13.8 Å². The Labute approximate surface area is 229 Å². The van der Waals surface area contributed by atoms with Crippen LogP contribution in [-0.4, -0.2) is 34.9 Å². The van der Waals surface area contributed by atoms with Crippen LogP contribution in [0.15, 0.2) is 66.7 Å². The maximum Gasteiger partial charge on any atom is 0.261 e. The van der Waals surface area contributed by atoms with E-state index >= 15 is 0 Å². The Hall–Kier alpha value is -3.02. The molecule has 0 aliphatic heterocycles. The molecule has 0 fully saturated rings. The van der Waals surface area contributed by atoms with Gasteiger partial charge in [0.2, 0.25) is 5.91 Å². The average molecular weight is 542 g/mol. The molecule has 0 aliphatic carbocycles. The van der Waals surface area contributed by atoms with Gasteiger partial charge in [0, 0.05) is 34.1 Å². The summed E-state index contributed by atoms with van der Waals surface area (Å²) >= 11 is 13.0. The zero-order valence-electron chi connectivity index (χ0n) is 22.0. The molecule has 0 aromatic heterocycles. The molecule has 0 radical (unpaired) electrons. The van der Waals surface area contributed by atoms with E-state index in [0.29, 0.717) is 27.8 Å². The van der Waals surface area contributed by atoms with Gasteiger partial charge in [-0.3, -0.25) is 9.59 Å². The molecule has 196 valence electrons. The highest BCUT2D eigenvalue weighted by Crippen LogP contribution is 2.27. The summed E-state index contributed by atoms with van der Waals surface area (Å²) in [5.41, 5.74) is 3.09. The molecule has 3 rings (SSSR count). The molecule has 0 saturated carbocycles. The fraction of sp³-hybridized carbons (Fsp3) is 0.333. The second kappa shape index (κ2) is 12.5. The first-order chi connectivity index (χ1) is 17.4. The van der Waals surface area contributed by atoms with Crippen molar-refractivity contribution in [2.45, 2.75) is 59.2 Å². The lowest BCUT2D eigenvalue weighted by Gasteiger charge is -2.34. The summed E-state index contributed by atoms with van der Waals surface area (Å²) in [7, 11) is 0. The Morgan fingerprint density at radius 1 is 0.919 bits per heavy atom. The maximum absolute atomic E-state index is 13.7. The van der Waals surface area contributed by atoms with Crippen molar-refractivity contribution in [3.8, 4) is 5.75 Å². The number of carbonyl (C=O) groups excluding carboxylic acids is 2. The van der Waals surface area contributed by atoms with Gasteiger partial charge in [0.05, 0.1) is 0 Å². The number of benzene rings is 3. The molecule has 5 nitrogen and oxygen atoms in total. The van der Waals surface area contributed by atoms with Gasteiger partial charge in [-0.2, -0.15) is 0 Å². The van der Waals surface area contributed by atoms with Crippen LogP contribution in [0.1, 0.15) is 43.0 Å². The third-order valence-electron chi connectivity index (χ3n) is 5.72. The zero-order chi connectivity index (χ0) is 27.2. The molecule has 3 aromatic rings. The summed E-state index contributed by atoms with van der Waals surface area (Å²) < 4.78 is 5.90. The van der Waals surface area contributed by atoms with E-state index in [9.17, 15) is 9.59 Å². The molecular formula is C30H34Cl2N2O3. The van der Waals surface area contributed by atoms with Crippen molar-refractivity contribution in [2.75, 3.05) is 6.61 Å². The highest BCUT2D eigenvalue weighted by molar-refractivity contribution is 6.36. The smallest absolute Gasteiger partial charge is 0.261 e. The predicted octanol–water partition coefficient (Wildman–Crippen LogP) is 6.54. The number of hydrogen-bond donors (Lipinski definition) is 1. The Morgan fingerprint density at radius 2 is 1.51 bits per heavy atom. The van der Waals surface area contributed by atoms with E-state index in [2.05, 4.69) is 5.32 Å². The first kappa shape index (κ1) is 28.5.